The molecule has 3 aromatic rings. The van der Waals surface area contributed by atoms with Crippen molar-refractivity contribution >= 4 is 35.1 Å². The molecule has 1 aromatic heterocycles. The van der Waals surface area contributed by atoms with Gasteiger partial charge in [-0.1, -0.05) is 41.9 Å². The number of para-hydroxylation sites is 1. The van der Waals surface area contributed by atoms with E-state index in [9.17, 15) is 14.4 Å². The van der Waals surface area contributed by atoms with Crippen LogP contribution < -0.4 is 15.2 Å². The van der Waals surface area contributed by atoms with Crippen LogP contribution in [0.25, 0.3) is 0 Å². The van der Waals surface area contributed by atoms with Gasteiger partial charge in [-0.25, -0.2) is 0 Å². The van der Waals surface area contributed by atoms with Crippen LogP contribution in [-0.2, 0) is 26.3 Å². The van der Waals surface area contributed by atoms with E-state index in [4.69, 9.17) is 26.5 Å². The number of methoxy groups -OCH3 is 1. The summed E-state index contributed by atoms with van der Waals surface area (Å²) in [6.07, 6.45) is 0. The van der Waals surface area contributed by atoms with Gasteiger partial charge >= 0.3 is 5.97 Å². The number of H-pyrrole nitrogens is 1. The number of benzene rings is 2. The van der Waals surface area contributed by atoms with Crippen molar-refractivity contribution in [2.24, 2.45) is 5.92 Å². The second-order valence-electron chi connectivity index (χ2n) is 8.29. The number of hydrogen-bond donors (Lipinski definition) is 2. The molecular weight excluding hydrogens is 458 g/mol. The summed E-state index contributed by atoms with van der Waals surface area (Å²) in [5, 5.41) is 9.13. The van der Waals surface area contributed by atoms with Crippen molar-refractivity contribution in [3.63, 3.8) is 0 Å². The molecule has 1 spiro atoms. The molecule has 34 heavy (non-hydrogen) atoms. The highest BCUT2D eigenvalue weighted by molar-refractivity contribution is 6.30. The molecule has 2 atom stereocenters. The van der Waals surface area contributed by atoms with Crippen molar-refractivity contribution in [2.45, 2.75) is 18.9 Å². The molecule has 2 aliphatic heterocycles. The van der Waals surface area contributed by atoms with E-state index in [2.05, 4.69) is 4.98 Å². The zero-order valence-electron chi connectivity index (χ0n) is 18.3. The van der Waals surface area contributed by atoms with E-state index >= 15 is 0 Å². The van der Waals surface area contributed by atoms with Gasteiger partial charge in [0.25, 0.3) is 5.56 Å². The zero-order chi connectivity index (χ0) is 24.2. The average Bonchev–Trinajstić information content (AvgIpc) is 3.03. The Morgan fingerprint density at radius 2 is 1.91 bits per heavy atom. The molecule has 3 heterocycles. The molecule has 0 saturated heterocycles. The van der Waals surface area contributed by atoms with E-state index in [1.165, 1.54) is 12.0 Å². The summed E-state index contributed by atoms with van der Waals surface area (Å²) in [5.74, 6) is -3.21. The molecule has 2 aromatic carbocycles. The number of aromatic nitrogens is 1. The minimum Gasteiger partial charge on any atom is -0.468 e. The molecule has 2 unspecified atom stereocenters. The van der Waals surface area contributed by atoms with Crippen LogP contribution >= 0.6 is 11.6 Å². The van der Waals surface area contributed by atoms with Gasteiger partial charge < -0.3 is 19.4 Å². The van der Waals surface area contributed by atoms with Gasteiger partial charge in [-0.15, -0.1) is 0 Å². The predicted molar refractivity (Wildman–Crippen MR) is 126 cm³/mol. The molecule has 0 radical (unpaired) electrons. The van der Waals surface area contributed by atoms with Crippen LogP contribution in [0, 0.1) is 18.3 Å². The Balaban J connectivity index is 1.81. The second kappa shape index (κ2) is 7.85. The SMILES string of the molecule is COC(=O)C1C(=N)Oc2cc(C)[nH]c(=O)c2C12C(=O)N(Cc1ccc(Cl)cc1)c1ccccc12. The fraction of sp³-hybridized carbons (Fsp3) is 0.200. The van der Waals surface area contributed by atoms with Crippen molar-refractivity contribution in [3.05, 3.63) is 92.4 Å². The van der Waals surface area contributed by atoms with Crippen molar-refractivity contribution in [1.82, 2.24) is 4.98 Å². The average molecular weight is 478 g/mol. The maximum atomic E-state index is 14.4. The van der Waals surface area contributed by atoms with E-state index in [1.807, 2.05) is 0 Å². The first-order valence-corrected chi connectivity index (χ1v) is 10.9. The number of nitrogens with zero attached hydrogens (tertiary/aromatic N) is 1. The summed E-state index contributed by atoms with van der Waals surface area (Å²) in [6.45, 7) is 1.85. The standard InChI is InChI=1S/C25H20ClN3O5/c1-13-11-18-19(22(30)28-13)25(20(21(27)34-18)23(31)33-2)16-5-3-4-6-17(16)29(24(25)32)12-14-7-9-15(26)10-8-14/h3-11,20,27H,12H2,1-2H3,(H,28,30). The number of pyridine rings is 1. The molecule has 172 valence electrons. The number of amides is 1. The maximum Gasteiger partial charge on any atom is 0.319 e. The number of halogens is 1. The Morgan fingerprint density at radius 1 is 1.21 bits per heavy atom. The molecule has 2 N–H and O–H groups in total. The molecule has 0 bridgehead atoms. The third kappa shape index (κ3) is 2.99. The lowest BCUT2D eigenvalue weighted by molar-refractivity contribution is -0.147. The number of aryl methyl sites for hydroxylation is 1. The Labute approximate surface area is 199 Å². The minimum atomic E-state index is -1.82. The Bertz CT molecular complexity index is 1410. The van der Waals surface area contributed by atoms with Crippen LogP contribution in [0.2, 0.25) is 5.02 Å². The third-order valence-corrected chi connectivity index (χ3v) is 6.59. The van der Waals surface area contributed by atoms with Gasteiger partial charge in [0, 0.05) is 22.5 Å². The van der Waals surface area contributed by atoms with Gasteiger partial charge in [0.2, 0.25) is 11.8 Å². The highest BCUT2D eigenvalue weighted by Gasteiger charge is 2.65. The molecular formula is C25H20ClN3O5. The maximum absolute atomic E-state index is 14.4. The molecule has 1 amide bonds. The summed E-state index contributed by atoms with van der Waals surface area (Å²) < 4.78 is 10.6. The van der Waals surface area contributed by atoms with Gasteiger partial charge in [-0.2, -0.15) is 0 Å². The van der Waals surface area contributed by atoms with E-state index in [0.29, 0.717) is 22.0 Å². The molecule has 9 heteroatoms. The van der Waals surface area contributed by atoms with E-state index in [0.717, 1.165) is 5.56 Å². The number of carbonyl (C=O) groups excluding carboxylic acids is 2. The summed E-state index contributed by atoms with van der Waals surface area (Å²) >= 11 is 6.02. The number of rotatable bonds is 3. The van der Waals surface area contributed by atoms with Crippen molar-refractivity contribution in [1.29, 1.82) is 5.41 Å². The number of nitrogens with one attached hydrogen (secondary N) is 2. The summed E-state index contributed by atoms with van der Waals surface area (Å²) in [5.41, 5.74) is -0.111. The topological polar surface area (TPSA) is 113 Å². The van der Waals surface area contributed by atoms with E-state index < -0.39 is 34.7 Å². The van der Waals surface area contributed by atoms with Gasteiger partial charge in [-0.05, 0) is 36.2 Å². The predicted octanol–water partition coefficient (Wildman–Crippen LogP) is 3.33. The number of aromatic amines is 1. The fourth-order valence-corrected chi connectivity index (χ4v) is 5.09. The molecule has 2 aliphatic rings. The largest absolute Gasteiger partial charge is 0.468 e. The summed E-state index contributed by atoms with van der Waals surface area (Å²) in [7, 11) is 1.18. The quantitative estimate of drug-likeness (QED) is 0.562. The highest BCUT2D eigenvalue weighted by atomic mass is 35.5. The zero-order valence-corrected chi connectivity index (χ0v) is 19.1. The van der Waals surface area contributed by atoms with Crippen molar-refractivity contribution in [2.75, 3.05) is 12.0 Å². The number of hydrogen-bond acceptors (Lipinski definition) is 6. The summed E-state index contributed by atoms with van der Waals surface area (Å²) in [4.78, 5) is 45.0. The highest BCUT2D eigenvalue weighted by Crippen LogP contribution is 2.54. The first kappa shape index (κ1) is 21.9. The fourth-order valence-electron chi connectivity index (χ4n) is 4.96. The Kier molecular flexibility index (Phi) is 5.06. The first-order chi connectivity index (χ1) is 16.3. The van der Waals surface area contributed by atoms with Crippen LogP contribution in [0.5, 0.6) is 5.75 Å². The lowest BCUT2D eigenvalue weighted by atomic mass is 9.65. The first-order valence-electron chi connectivity index (χ1n) is 10.5. The number of esters is 1. The van der Waals surface area contributed by atoms with Crippen molar-refractivity contribution in [3.8, 4) is 5.75 Å². The lowest BCUT2D eigenvalue weighted by Gasteiger charge is -2.39. The molecule has 0 fully saturated rings. The smallest absolute Gasteiger partial charge is 0.319 e. The number of fused-ring (bicyclic) bond motifs is 4. The number of anilines is 1. The van der Waals surface area contributed by atoms with Gasteiger partial charge in [0.05, 0.1) is 19.2 Å². The molecule has 8 nitrogen and oxygen atoms in total. The summed E-state index contributed by atoms with van der Waals surface area (Å²) in [6, 6.07) is 15.6. The Morgan fingerprint density at radius 3 is 2.62 bits per heavy atom. The minimum absolute atomic E-state index is 0.0134. The molecule has 0 aliphatic carbocycles. The number of ether oxygens (including phenoxy) is 2. The van der Waals surface area contributed by atoms with Crippen LogP contribution in [-0.4, -0.2) is 29.9 Å². The normalized spacial score (nSPS) is 20.7. The third-order valence-electron chi connectivity index (χ3n) is 6.33. The van der Waals surface area contributed by atoms with Gasteiger partial charge in [0.15, 0.2) is 5.92 Å². The second-order valence-corrected chi connectivity index (χ2v) is 8.72. The number of carbonyl (C=O) groups is 2. The Hall–Kier alpha value is -3.91. The van der Waals surface area contributed by atoms with Crippen LogP contribution in [0.1, 0.15) is 22.4 Å². The lowest BCUT2D eigenvalue weighted by Crippen LogP contribution is -2.57. The van der Waals surface area contributed by atoms with Crippen LogP contribution in [0.3, 0.4) is 0 Å². The molecule has 0 saturated carbocycles. The van der Waals surface area contributed by atoms with E-state index in [-0.39, 0.29) is 17.9 Å². The van der Waals surface area contributed by atoms with E-state index in [1.54, 1.807) is 61.5 Å². The monoisotopic (exact) mass is 477 g/mol. The van der Waals surface area contributed by atoms with Gasteiger partial charge in [-0.3, -0.25) is 19.8 Å². The van der Waals surface area contributed by atoms with Gasteiger partial charge in [0.1, 0.15) is 11.2 Å². The van der Waals surface area contributed by atoms with Crippen LogP contribution in [0.4, 0.5) is 5.69 Å². The van der Waals surface area contributed by atoms with Crippen LogP contribution in [0.15, 0.2) is 59.4 Å². The molecule has 5 rings (SSSR count). The van der Waals surface area contributed by atoms with Crippen molar-refractivity contribution < 1.29 is 19.1 Å².